The summed E-state index contributed by atoms with van der Waals surface area (Å²) in [7, 11) is 1.61. The van der Waals surface area contributed by atoms with E-state index >= 15 is 0 Å². The van der Waals surface area contributed by atoms with Crippen LogP contribution in [0.2, 0.25) is 0 Å². The highest BCUT2D eigenvalue weighted by Crippen LogP contribution is 2.51. The SMILES string of the molecule is COc1cc(C=CC(=O)O)cc2c1OCC2(C)c1ccc2c(c1)C(C)(C)CCC2(C)C. The molecule has 0 radical (unpaired) electrons. The van der Waals surface area contributed by atoms with Crippen LogP contribution in [0.15, 0.2) is 36.4 Å². The van der Waals surface area contributed by atoms with Crippen molar-refractivity contribution in [2.24, 2.45) is 0 Å². The smallest absolute Gasteiger partial charge is 0.328 e. The van der Waals surface area contributed by atoms with Gasteiger partial charge in [0.05, 0.1) is 12.5 Å². The fraction of sp³-hybridized carbons (Fsp3) is 0.444. The molecule has 0 amide bonds. The van der Waals surface area contributed by atoms with E-state index in [1.54, 1.807) is 13.2 Å². The summed E-state index contributed by atoms with van der Waals surface area (Å²) in [4.78, 5) is 11.0. The summed E-state index contributed by atoms with van der Waals surface area (Å²) in [6, 6.07) is 10.8. The average Bonchev–Trinajstić information content (AvgIpc) is 3.07. The number of methoxy groups -OCH3 is 1. The largest absolute Gasteiger partial charge is 0.493 e. The number of benzene rings is 2. The van der Waals surface area contributed by atoms with Gasteiger partial charge in [-0.3, -0.25) is 0 Å². The molecule has 164 valence electrons. The van der Waals surface area contributed by atoms with Crippen LogP contribution < -0.4 is 9.47 Å². The van der Waals surface area contributed by atoms with Gasteiger partial charge in [0, 0.05) is 11.6 Å². The summed E-state index contributed by atoms with van der Waals surface area (Å²) in [6.07, 6.45) is 5.10. The van der Waals surface area contributed by atoms with Gasteiger partial charge in [-0.25, -0.2) is 4.79 Å². The zero-order chi connectivity index (χ0) is 22.6. The summed E-state index contributed by atoms with van der Waals surface area (Å²) in [6.45, 7) is 12.1. The van der Waals surface area contributed by atoms with Gasteiger partial charge in [-0.1, -0.05) is 45.9 Å². The first-order valence-electron chi connectivity index (χ1n) is 10.9. The molecule has 0 fully saturated rings. The number of carboxylic acid groups (broad SMARTS) is 1. The van der Waals surface area contributed by atoms with Gasteiger partial charge in [-0.15, -0.1) is 0 Å². The van der Waals surface area contributed by atoms with Gasteiger partial charge in [-0.05, 0) is 71.1 Å². The molecule has 4 rings (SSSR count). The van der Waals surface area contributed by atoms with Crippen LogP contribution in [0.1, 0.15) is 75.3 Å². The monoisotopic (exact) mass is 420 g/mol. The highest BCUT2D eigenvalue weighted by atomic mass is 16.5. The van der Waals surface area contributed by atoms with E-state index in [4.69, 9.17) is 14.6 Å². The Labute approximate surface area is 184 Å². The molecule has 31 heavy (non-hydrogen) atoms. The van der Waals surface area contributed by atoms with Gasteiger partial charge < -0.3 is 14.6 Å². The molecule has 2 aromatic rings. The average molecular weight is 421 g/mol. The molecule has 0 saturated carbocycles. The summed E-state index contributed by atoms with van der Waals surface area (Å²) in [5, 5.41) is 9.04. The molecule has 1 aliphatic carbocycles. The molecule has 0 aromatic heterocycles. The predicted octanol–water partition coefficient (Wildman–Crippen LogP) is 5.84. The second-order valence-corrected chi connectivity index (χ2v) is 10.4. The van der Waals surface area contributed by atoms with E-state index in [1.165, 1.54) is 23.1 Å². The molecular formula is C27H32O4. The molecule has 4 heteroatoms. The topological polar surface area (TPSA) is 55.8 Å². The number of fused-ring (bicyclic) bond motifs is 2. The fourth-order valence-electron chi connectivity index (χ4n) is 5.06. The second kappa shape index (κ2) is 7.15. The molecule has 0 bridgehead atoms. The first-order chi connectivity index (χ1) is 14.5. The highest BCUT2D eigenvalue weighted by molar-refractivity contribution is 5.85. The lowest BCUT2D eigenvalue weighted by Gasteiger charge is -2.42. The van der Waals surface area contributed by atoms with Gasteiger partial charge in [0.2, 0.25) is 0 Å². The number of carboxylic acids is 1. The highest BCUT2D eigenvalue weighted by Gasteiger charge is 2.43. The minimum atomic E-state index is -0.974. The molecule has 1 atom stereocenters. The molecule has 2 aromatic carbocycles. The molecule has 1 heterocycles. The fourth-order valence-corrected chi connectivity index (χ4v) is 5.06. The molecular weight excluding hydrogens is 388 g/mol. The van der Waals surface area contributed by atoms with Crippen LogP contribution in [-0.2, 0) is 21.0 Å². The Balaban J connectivity index is 1.87. The lowest BCUT2D eigenvalue weighted by atomic mass is 9.62. The van der Waals surface area contributed by atoms with Crippen molar-refractivity contribution < 1.29 is 19.4 Å². The van der Waals surface area contributed by atoms with Crippen molar-refractivity contribution in [1.82, 2.24) is 0 Å². The Morgan fingerprint density at radius 2 is 1.68 bits per heavy atom. The van der Waals surface area contributed by atoms with Crippen LogP contribution in [0.3, 0.4) is 0 Å². The molecule has 4 nitrogen and oxygen atoms in total. The Kier molecular flexibility index (Phi) is 4.95. The molecule has 2 aliphatic rings. The van der Waals surface area contributed by atoms with E-state index in [1.807, 2.05) is 12.1 Å². The van der Waals surface area contributed by atoms with E-state index in [0.717, 1.165) is 29.4 Å². The number of ether oxygens (including phenoxy) is 2. The van der Waals surface area contributed by atoms with Crippen LogP contribution in [0.5, 0.6) is 11.5 Å². The maximum atomic E-state index is 11.0. The number of hydrogen-bond acceptors (Lipinski definition) is 3. The summed E-state index contributed by atoms with van der Waals surface area (Å²) in [5.41, 5.74) is 5.85. The second-order valence-electron chi connectivity index (χ2n) is 10.4. The maximum Gasteiger partial charge on any atom is 0.328 e. The van der Waals surface area contributed by atoms with E-state index in [2.05, 4.69) is 52.8 Å². The Morgan fingerprint density at radius 3 is 2.32 bits per heavy atom. The van der Waals surface area contributed by atoms with Crippen LogP contribution in [0.25, 0.3) is 6.08 Å². The van der Waals surface area contributed by atoms with Gasteiger partial charge in [0.25, 0.3) is 0 Å². The third kappa shape index (κ3) is 3.52. The van der Waals surface area contributed by atoms with E-state index in [9.17, 15) is 4.79 Å². The van der Waals surface area contributed by atoms with Crippen molar-refractivity contribution in [1.29, 1.82) is 0 Å². The molecule has 0 spiro atoms. The minimum absolute atomic E-state index is 0.128. The summed E-state index contributed by atoms with van der Waals surface area (Å²) >= 11 is 0. The molecule has 1 N–H and O–H groups in total. The lowest BCUT2D eigenvalue weighted by molar-refractivity contribution is -0.131. The van der Waals surface area contributed by atoms with E-state index < -0.39 is 5.97 Å². The molecule has 0 saturated heterocycles. The maximum absolute atomic E-state index is 11.0. The van der Waals surface area contributed by atoms with Crippen molar-refractivity contribution in [2.45, 2.75) is 63.7 Å². The third-order valence-corrected chi connectivity index (χ3v) is 7.31. The lowest BCUT2D eigenvalue weighted by Crippen LogP contribution is -2.35. The number of carbonyl (C=O) groups is 1. The normalized spacial score (nSPS) is 23.2. The molecule has 1 unspecified atom stereocenters. The van der Waals surface area contributed by atoms with Gasteiger partial charge >= 0.3 is 5.97 Å². The number of hydrogen-bond donors (Lipinski definition) is 1. The van der Waals surface area contributed by atoms with Crippen LogP contribution in [-0.4, -0.2) is 24.8 Å². The molecule has 1 aliphatic heterocycles. The summed E-state index contributed by atoms with van der Waals surface area (Å²) < 4.78 is 11.7. The van der Waals surface area contributed by atoms with Crippen LogP contribution in [0, 0.1) is 0 Å². The Hall–Kier alpha value is -2.75. The zero-order valence-electron chi connectivity index (χ0n) is 19.3. The number of aliphatic carboxylic acids is 1. The first kappa shape index (κ1) is 21.5. The zero-order valence-corrected chi connectivity index (χ0v) is 19.3. The van der Waals surface area contributed by atoms with Gasteiger partial charge in [0.1, 0.15) is 6.61 Å². The van der Waals surface area contributed by atoms with Crippen molar-refractivity contribution in [2.75, 3.05) is 13.7 Å². The Bertz CT molecular complexity index is 1080. The van der Waals surface area contributed by atoms with Gasteiger partial charge in [-0.2, -0.15) is 0 Å². The summed E-state index contributed by atoms with van der Waals surface area (Å²) in [5.74, 6) is 0.401. The predicted molar refractivity (Wildman–Crippen MR) is 123 cm³/mol. The van der Waals surface area contributed by atoms with Crippen molar-refractivity contribution in [3.05, 3.63) is 64.2 Å². The third-order valence-electron chi connectivity index (χ3n) is 7.31. The number of rotatable bonds is 4. The standard InChI is InChI=1S/C27H32O4/c1-25(2)11-12-26(3,4)20-15-18(8-9-19(20)25)27(5)16-31-24-21(27)13-17(7-10-23(28)29)14-22(24)30-6/h7-10,13-15H,11-12,16H2,1-6H3,(H,28,29). The van der Waals surface area contributed by atoms with Crippen LogP contribution in [0.4, 0.5) is 0 Å². The first-order valence-corrected chi connectivity index (χ1v) is 10.9. The van der Waals surface area contributed by atoms with E-state index in [0.29, 0.717) is 12.4 Å². The minimum Gasteiger partial charge on any atom is -0.493 e. The van der Waals surface area contributed by atoms with Gasteiger partial charge in [0.15, 0.2) is 11.5 Å². The van der Waals surface area contributed by atoms with Crippen molar-refractivity contribution >= 4 is 12.0 Å². The quantitative estimate of drug-likeness (QED) is 0.631. The van der Waals surface area contributed by atoms with E-state index in [-0.39, 0.29) is 16.2 Å². The van der Waals surface area contributed by atoms with Crippen molar-refractivity contribution in [3.63, 3.8) is 0 Å². The Morgan fingerprint density at radius 1 is 1.00 bits per heavy atom. The van der Waals surface area contributed by atoms with Crippen molar-refractivity contribution in [3.8, 4) is 11.5 Å². The van der Waals surface area contributed by atoms with Crippen LogP contribution >= 0.6 is 0 Å².